The Hall–Kier alpha value is -2.67. The van der Waals surface area contributed by atoms with Gasteiger partial charge in [-0.2, -0.15) is 0 Å². The molecule has 0 aliphatic carbocycles. The maximum absolute atomic E-state index is 11.5. The van der Waals surface area contributed by atoms with Gasteiger partial charge in [0, 0.05) is 23.6 Å². The van der Waals surface area contributed by atoms with Crippen LogP contribution in [-0.2, 0) is 0 Å². The highest BCUT2D eigenvalue weighted by molar-refractivity contribution is 6.30. The van der Waals surface area contributed by atoms with Gasteiger partial charge in [0.1, 0.15) is 12.0 Å². The molecule has 2 aromatic rings. The summed E-state index contributed by atoms with van der Waals surface area (Å²) in [5.41, 5.74) is 6.11. The quantitative estimate of drug-likeness (QED) is 0.588. The first-order valence-electron chi connectivity index (χ1n) is 7.36. The third kappa shape index (κ3) is 4.20. The predicted octanol–water partition coefficient (Wildman–Crippen LogP) is 3.35. The summed E-state index contributed by atoms with van der Waals surface area (Å²) in [7, 11) is 0. The number of amides is 1. The fraction of sp³-hybridized carbons (Fsp3) is 0.250. The predicted molar refractivity (Wildman–Crippen MR) is 92.4 cm³/mol. The Labute approximate surface area is 144 Å². The molecule has 24 heavy (non-hydrogen) atoms. The van der Waals surface area contributed by atoms with Crippen LogP contribution in [0.15, 0.2) is 36.5 Å². The smallest absolute Gasteiger partial charge is 0.288 e. The lowest BCUT2D eigenvalue weighted by Crippen LogP contribution is -2.19. The molecule has 0 fully saturated rings. The molecule has 0 saturated heterocycles. The van der Waals surface area contributed by atoms with Gasteiger partial charge in [0.2, 0.25) is 0 Å². The van der Waals surface area contributed by atoms with Crippen LogP contribution in [0.4, 0.5) is 11.5 Å². The van der Waals surface area contributed by atoms with Gasteiger partial charge in [0.05, 0.1) is 10.5 Å². The number of nitrogens with zero attached hydrogens (tertiary/aromatic N) is 2. The summed E-state index contributed by atoms with van der Waals surface area (Å²) in [5, 5.41) is 14.5. The molecular formula is C16H17ClN4O3. The van der Waals surface area contributed by atoms with E-state index in [1.807, 2.05) is 31.2 Å². The van der Waals surface area contributed by atoms with Crippen LogP contribution in [0.1, 0.15) is 35.2 Å². The number of halogens is 1. The van der Waals surface area contributed by atoms with Crippen LogP contribution in [-0.4, -0.2) is 22.4 Å². The number of rotatable bonds is 7. The van der Waals surface area contributed by atoms with Gasteiger partial charge in [0.15, 0.2) is 0 Å². The highest BCUT2D eigenvalue weighted by Gasteiger charge is 2.17. The van der Waals surface area contributed by atoms with Gasteiger partial charge < -0.3 is 11.1 Å². The van der Waals surface area contributed by atoms with Crippen LogP contribution in [0.25, 0.3) is 0 Å². The molecule has 1 aromatic carbocycles. The van der Waals surface area contributed by atoms with Crippen molar-refractivity contribution in [3.05, 3.63) is 62.8 Å². The first kappa shape index (κ1) is 17.7. The number of nitrogens with one attached hydrogen (secondary N) is 1. The van der Waals surface area contributed by atoms with E-state index in [1.165, 1.54) is 0 Å². The molecule has 0 aliphatic heterocycles. The SMILES string of the molecule is CCC(CNc1ncc([N+](=O)[O-])cc1C(N)=O)c1ccc(Cl)cc1. The molecule has 3 N–H and O–H groups in total. The van der Waals surface area contributed by atoms with E-state index in [2.05, 4.69) is 10.3 Å². The molecule has 7 nitrogen and oxygen atoms in total. The van der Waals surface area contributed by atoms with E-state index in [9.17, 15) is 14.9 Å². The normalized spacial score (nSPS) is 11.8. The number of primary amides is 1. The standard InChI is InChI=1S/C16H17ClN4O3/c1-2-10(11-3-5-12(17)6-4-11)8-19-16-14(15(18)22)7-13(9-20-16)21(23)24/h3-7,9-10H,2,8H2,1H3,(H2,18,22)(H,19,20). The molecule has 0 saturated carbocycles. The van der Waals surface area contributed by atoms with Crippen molar-refractivity contribution in [1.82, 2.24) is 4.98 Å². The minimum atomic E-state index is -0.770. The van der Waals surface area contributed by atoms with Crippen molar-refractivity contribution in [2.45, 2.75) is 19.3 Å². The first-order chi connectivity index (χ1) is 11.4. The Kier molecular flexibility index (Phi) is 5.70. The third-order valence-electron chi connectivity index (χ3n) is 3.70. The number of carbonyl (C=O) groups is 1. The lowest BCUT2D eigenvalue weighted by Gasteiger charge is -2.17. The van der Waals surface area contributed by atoms with E-state index in [-0.39, 0.29) is 23.0 Å². The summed E-state index contributed by atoms with van der Waals surface area (Å²) >= 11 is 5.90. The lowest BCUT2D eigenvalue weighted by atomic mass is 9.96. The van der Waals surface area contributed by atoms with Crippen molar-refractivity contribution in [2.24, 2.45) is 5.73 Å². The number of nitro groups is 1. The van der Waals surface area contributed by atoms with Crippen molar-refractivity contribution in [2.75, 3.05) is 11.9 Å². The summed E-state index contributed by atoms with van der Waals surface area (Å²) < 4.78 is 0. The van der Waals surface area contributed by atoms with Gasteiger partial charge >= 0.3 is 0 Å². The Morgan fingerprint density at radius 3 is 2.62 bits per heavy atom. The molecule has 0 bridgehead atoms. The van der Waals surface area contributed by atoms with Gasteiger partial charge in [-0.15, -0.1) is 0 Å². The maximum Gasteiger partial charge on any atom is 0.288 e. The number of hydrogen-bond acceptors (Lipinski definition) is 5. The van der Waals surface area contributed by atoms with Crippen molar-refractivity contribution in [3.63, 3.8) is 0 Å². The van der Waals surface area contributed by atoms with Gasteiger partial charge in [-0.1, -0.05) is 30.7 Å². The fourth-order valence-electron chi connectivity index (χ4n) is 2.33. The Balaban J connectivity index is 2.19. The van der Waals surface area contributed by atoms with Crippen LogP contribution in [0.5, 0.6) is 0 Å². The summed E-state index contributed by atoms with van der Waals surface area (Å²) in [6.45, 7) is 2.54. The largest absolute Gasteiger partial charge is 0.369 e. The number of aromatic nitrogens is 1. The average Bonchev–Trinajstić information content (AvgIpc) is 2.56. The van der Waals surface area contributed by atoms with Crippen molar-refractivity contribution < 1.29 is 9.72 Å². The van der Waals surface area contributed by atoms with Gasteiger partial charge in [-0.05, 0) is 24.1 Å². The second-order valence-corrected chi connectivity index (χ2v) is 5.69. The van der Waals surface area contributed by atoms with E-state index in [0.29, 0.717) is 11.6 Å². The van der Waals surface area contributed by atoms with E-state index in [4.69, 9.17) is 17.3 Å². The second-order valence-electron chi connectivity index (χ2n) is 5.25. The van der Waals surface area contributed by atoms with Crippen molar-refractivity contribution in [3.8, 4) is 0 Å². The van der Waals surface area contributed by atoms with Crippen LogP contribution >= 0.6 is 11.6 Å². The van der Waals surface area contributed by atoms with Gasteiger partial charge in [-0.25, -0.2) is 4.98 Å². The summed E-state index contributed by atoms with van der Waals surface area (Å²) in [4.78, 5) is 25.7. The van der Waals surface area contributed by atoms with Gasteiger partial charge in [-0.3, -0.25) is 14.9 Å². The van der Waals surface area contributed by atoms with Crippen LogP contribution in [0, 0.1) is 10.1 Å². The molecule has 0 spiro atoms. The number of hydrogen-bond donors (Lipinski definition) is 2. The minimum Gasteiger partial charge on any atom is -0.369 e. The maximum atomic E-state index is 11.5. The third-order valence-corrected chi connectivity index (χ3v) is 3.95. The number of carbonyl (C=O) groups excluding carboxylic acids is 1. The van der Waals surface area contributed by atoms with E-state index in [0.717, 1.165) is 24.2 Å². The van der Waals surface area contributed by atoms with Gasteiger partial charge in [0.25, 0.3) is 11.6 Å². The molecule has 1 amide bonds. The minimum absolute atomic E-state index is 0.00448. The number of pyridine rings is 1. The molecular weight excluding hydrogens is 332 g/mol. The van der Waals surface area contributed by atoms with E-state index < -0.39 is 10.8 Å². The average molecular weight is 349 g/mol. The Bertz CT molecular complexity index is 749. The molecule has 0 radical (unpaired) electrons. The summed E-state index contributed by atoms with van der Waals surface area (Å²) in [6, 6.07) is 8.64. The fourth-order valence-corrected chi connectivity index (χ4v) is 2.46. The van der Waals surface area contributed by atoms with E-state index in [1.54, 1.807) is 0 Å². The molecule has 1 aromatic heterocycles. The zero-order valence-electron chi connectivity index (χ0n) is 13.0. The Morgan fingerprint density at radius 2 is 2.08 bits per heavy atom. The topological polar surface area (TPSA) is 111 Å². The summed E-state index contributed by atoms with van der Waals surface area (Å²) in [5.74, 6) is -0.367. The lowest BCUT2D eigenvalue weighted by molar-refractivity contribution is -0.385. The van der Waals surface area contributed by atoms with E-state index >= 15 is 0 Å². The molecule has 2 rings (SSSR count). The van der Waals surface area contributed by atoms with Crippen LogP contribution in [0.3, 0.4) is 0 Å². The molecule has 0 aliphatic rings. The zero-order valence-corrected chi connectivity index (χ0v) is 13.8. The molecule has 1 atom stereocenters. The molecule has 126 valence electrons. The van der Waals surface area contributed by atoms with Crippen LogP contribution < -0.4 is 11.1 Å². The van der Waals surface area contributed by atoms with Crippen molar-refractivity contribution >= 4 is 29.0 Å². The monoisotopic (exact) mass is 348 g/mol. The van der Waals surface area contributed by atoms with Crippen molar-refractivity contribution in [1.29, 1.82) is 0 Å². The molecule has 1 heterocycles. The highest BCUT2D eigenvalue weighted by atomic mass is 35.5. The first-order valence-corrected chi connectivity index (χ1v) is 7.73. The zero-order chi connectivity index (χ0) is 17.7. The summed E-state index contributed by atoms with van der Waals surface area (Å²) in [6.07, 6.45) is 1.95. The number of benzene rings is 1. The Morgan fingerprint density at radius 1 is 1.42 bits per heavy atom. The number of anilines is 1. The molecule has 8 heteroatoms. The number of nitrogens with two attached hydrogens (primary N) is 1. The van der Waals surface area contributed by atoms with Crippen LogP contribution in [0.2, 0.25) is 5.02 Å². The molecule has 1 unspecified atom stereocenters. The second kappa shape index (κ2) is 7.74. The highest BCUT2D eigenvalue weighted by Crippen LogP contribution is 2.24.